The number of anilines is 2. The summed E-state index contributed by atoms with van der Waals surface area (Å²) in [6, 6.07) is 7.87. The highest BCUT2D eigenvalue weighted by atomic mass is 32.2. The van der Waals surface area contributed by atoms with Gasteiger partial charge in [0.2, 0.25) is 0 Å². The molecule has 2 saturated heterocycles. The van der Waals surface area contributed by atoms with Crippen LogP contribution in [0.3, 0.4) is 0 Å². The zero-order chi connectivity index (χ0) is 23.6. The molecule has 0 saturated carbocycles. The van der Waals surface area contributed by atoms with Crippen LogP contribution in [-0.2, 0) is 14.8 Å². The smallest absolute Gasteiger partial charge is 0.281 e. The Morgan fingerprint density at radius 1 is 1.27 bits per heavy atom. The topological polar surface area (TPSA) is 114 Å². The van der Waals surface area contributed by atoms with Crippen molar-refractivity contribution in [1.29, 1.82) is 0 Å². The number of hydrogen-bond acceptors (Lipinski definition) is 8. The van der Waals surface area contributed by atoms with E-state index in [-0.39, 0.29) is 22.2 Å². The molecule has 0 spiro atoms. The molecule has 1 amide bonds. The van der Waals surface area contributed by atoms with Gasteiger partial charge >= 0.3 is 0 Å². The summed E-state index contributed by atoms with van der Waals surface area (Å²) in [4.78, 5) is 23.8. The summed E-state index contributed by atoms with van der Waals surface area (Å²) < 4.78 is 33.7. The van der Waals surface area contributed by atoms with E-state index in [9.17, 15) is 13.2 Å². The molecule has 2 aromatic heterocycles. The molecule has 2 aliphatic heterocycles. The largest absolute Gasteiger partial charge is 0.376 e. The third-order valence-corrected chi connectivity index (χ3v) is 7.35. The van der Waals surface area contributed by atoms with Crippen LogP contribution in [0.4, 0.5) is 11.6 Å². The van der Waals surface area contributed by atoms with Crippen molar-refractivity contribution >= 4 is 27.6 Å². The molecule has 2 unspecified atom stereocenters. The van der Waals surface area contributed by atoms with Crippen molar-refractivity contribution in [2.45, 2.75) is 56.7 Å². The fourth-order valence-electron chi connectivity index (χ4n) is 4.66. The van der Waals surface area contributed by atoms with Gasteiger partial charge in [-0.2, -0.15) is 8.42 Å². The number of ether oxygens (including phenoxy) is 1. The fourth-order valence-corrected chi connectivity index (χ4v) is 5.60. The molecule has 9 nitrogen and oxygen atoms in total. The SMILES string of the molecule is CC1CN(c2ncccc2C(=O)NS(=O)(=O)c2cccc(NCC3CCCO3)n2)C(C)(C)C1. The van der Waals surface area contributed by atoms with E-state index in [1.807, 2.05) is 0 Å². The number of sulfonamides is 1. The van der Waals surface area contributed by atoms with E-state index in [0.717, 1.165) is 32.4 Å². The zero-order valence-electron chi connectivity index (χ0n) is 19.2. The molecular formula is C23H31N5O4S. The Morgan fingerprint density at radius 3 is 2.79 bits per heavy atom. The van der Waals surface area contributed by atoms with E-state index in [1.54, 1.807) is 30.5 Å². The Balaban J connectivity index is 1.51. The van der Waals surface area contributed by atoms with Crippen LogP contribution in [0.15, 0.2) is 41.6 Å². The molecule has 2 aromatic rings. The molecule has 178 valence electrons. The molecule has 10 heteroatoms. The van der Waals surface area contributed by atoms with Crippen molar-refractivity contribution in [3.63, 3.8) is 0 Å². The van der Waals surface area contributed by atoms with Gasteiger partial charge in [-0.3, -0.25) is 4.79 Å². The average molecular weight is 474 g/mol. The Labute approximate surface area is 195 Å². The zero-order valence-corrected chi connectivity index (χ0v) is 20.1. The van der Waals surface area contributed by atoms with E-state index < -0.39 is 15.9 Å². The lowest BCUT2D eigenvalue weighted by molar-refractivity contribution is 0.0981. The van der Waals surface area contributed by atoms with Crippen molar-refractivity contribution in [3.8, 4) is 0 Å². The first-order valence-electron chi connectivity index (χ1n) is 11.3. The summed E-state index contributed by atoms with van der Waals surface area (Å²) in [6.07, 6.45) is 4.64. The van der Waals surface area contributed by atoms with E-state index in [4.69, 9.17) is 4.74 Å². The lowest BCUT2D eigenvalue weighted by atomic mass is 9.97. The molecule has 2 N–H and O–H groups in total. The predicted molar refractivity (Wildman–Crippen MR) is 126 cm³/mol. The molecule has 33 heavy (non-hydrogen) atoms. The summed E-state index contributed by atoms with van der Waals surface area (Å²) in [5.74, 6) is 0.610. The second-order valence-corrected chi connectivity index (χ2v) is 11.0. The van der Waals surface area contributed by atoms with Crippen LogP contribution >= 0.6 is 0 Å². The Hall–Kier alpha value is -2.72. The molecular weight excluding hydrogens is 442 g/mol. The van der Waals surface area contributed by atoms with Gasteiger partial charge in [0.1, 0.15) is 11.6 Å². The minimum atomic E-state index is -4.18. The average Bonchev–Trinajstić information content (AvgIpc) is 3.38. The number of amides is 1. The first kappa shape index (κ1) is 23.4. The third kappa shape index (κ3) is 5.27. The molecule has 0 radical (unpaired) electrons. The maximum Gasteiger partial charge on any atom is 0.281 e. The fraction of sp³-hybridized carbons (Fsp3) is 0.522. The van der Waals surface area contributed by atoms with Gasteiger partial charge < -0.3 is 15.0 Å². The van der Waals surface area contributed by atoms with Gasteiger partial charge in [-0.25, -0.2) is 14.7 Å². The van der Waals surface area contributed by atoms with Crippen LogP contribution in [0.5, 0.6) is 0 Å². The van der Waals surface area contributed by atoms with Crippen LogP contribution in [0.1, 0.15) is 50.4 Å². The van der Waals surface area contributed by atoms with Crippen molar-refractivity contribution in [2.24, 2.45) is 5.92 Å². The van der Waals surface area contributed by atoms with Crippen LogP contribution < -0.4 is 14.9 Å². The van der Waals surface area contributed by atoms with Crippen molar-refractivity contribution < 1.29 is 17.9 Å². The van der Waals surface area contributed by atoms with Crippen molar-refractivity contribution in [1.82, 2.24) is 14.7 Å². The number of pyridine rings is 2. The Bertz CT molecular complexity index is 1120. The number of aromatic nitrogens is 2. The molecule has 2 atom stereocenters. The molecule has 4 rings (SSSR count). The monoisotopic (exact) mass is 473 g/mol. The quantitative estimate of drug-likeness (QED) is 0.631. The Kier molecular flexibility index (Phi) is 6.58. The Morgan fingerprint density at radius 2 is 2.09 bits per heavy atom. The van der Waals surface area contributed by atoms with Gasteiger partial charge in [0.15, 0.2) is 5.03 Å². The summed E-state index contributed by atoms with van der Waals surface area (Å²) in [6.45, 7) is 8.39. The molecule has 4 heterocycles. The molecule has 0 bridgehead atoms. The first-order valence-corrected chi connectivity index (χ1v) is 12.8. The predicted octanol–water partition coefficient (Wildman–Crippen LogP) is 2.81. The molecule has 2 fully saturated rings. The minimum absolute atomic E-state index is 0.0910. The summed E-state index contributed by atoms with van der Waals surface area (Å²) in [5.41, 5.74) is 0.0302. The van der Waals surface area contributed by atoms with Gasteiger partial charge in [0.05, 0.1) is 11.7 Å². The first-order chi connectivity index (χ1) is 15.7. The highest BCUT2D eigenvalue weighted by Crippen LogP contribution is 2.37. The van der Waals surface area contributed by atoms with E-state index in [1.165, 1.54) is 6.07 Å². The van der Waals surface area contributed by atoms with E-state index in [0.29, 0.717) is 24.1 Å². The minimum Gasteiger partial charge on any atom is -0.376 e. The number of nitrogens with zero attached hydrogens (tertiary/aromatic N) is 3. The van der Waals surface area contributed by atoms with Gasteiger partial charge in [-0.05, 0) is 63.3 Å². The molecule has 0 aliphatic carbocycles. The van der Waals surface area contributed by atoms with Crippen LogP contribution in [0.25, 0.3) is 0 Å². The van der Waals surface area contributed by atoms with Crippen LogP contribution in [0.2, 0.25) is 0 Å². The highest BCUT2D eigenvalue weighted by molar-refractivity contribution is 7.90. The van der Waals surface area contributed by atoms with Gasteiger partial charge in [-0.1, -0.05) is 13.0 Å². The standard InChI is InChI=1S/C23H31N5O4S/c1-16-13-23(2,3)28(15-16)21-18(8-5-11-24-21)22(29)27-33(30,31)20-10-4-9-19(26-20)25-14-17-7-6-12-32-17/h4-5,8-11,16-17H,6-7,12-15H2,1-3H3,(H,25,26)(H,27,29). The van der Waals surface area contributed by atoms with E-state index >= 15 is 0 Å². The van der Waals surface area contributed by atoms with Crippen molar-refractivity contribution in [2.75, 3.05) is 29.9 Å². The number of carbonyl (C=O) groups excluding carboxylic acids is 1. The van der Waals surface area contributed by atoms with Gasteiger partial charge in [0.25, 0.3) is 15.9 Å². The van der Waals surface area contributed by atoms with E-state index in [2.05, 4.69) is 45.7 Å². The van der Waals surface area contributed by atoms with Crippen molar-refractivity contribution in [3.05, 3.63) is 42.1 Å². The summed E-state index contributed by atoms with van der Waals surface area (Å²) >= 11 is 0. The highest BCUT2D eigenvalue weighted by Gasteiger charge is 2.39. The molecule has 0 aromatic carbocycles. The normalized spacial score (nSPS) is 22.3. The second-order valence-electron chi connectivity index (χ2n) is 9.42. The van der Waals surface area contributed by atoms with Gasteiger partial charge in [0, 0.05) is 31.4 Å². The van der Waals surface area contributed by atoms with Crippen LogP contribution in [0, 0.1) is 5.92 Å². The number of carbonyl (C=O) groups is 1. The second kappa shape index (κ2) is 9.26. The summed E-state index contributed by atoms with van der Waals surface area (Å²) in [7, 11) is -4.18. The number of nitrogens with one attached hydrogen (secondary N) is 2. The maximum atomic E-state index is 13.1. The lowest BCUT2D eigenvalue weighted by Crippen LogP contribution is -2.41. The number of hydrogen-bond donors (Lipinski definition) is 2. The number of rotatable bonds is 7. The van der Waals surface area contributed by atoms with Gasteiger partial charge in [-0.15, -0.1) is 0 Å². The third-order valence-electron chi connectivity index (χ3n) is 6.12. The maximum absolute atomic E-state index is 13.1. The lowest BCUT2D eigenvalue weighted by Gasteiger charge is -2.33. The summed E-state index contributed by atoms with van der Waals surface area (Å²) in [5, 5.41) is 2.89. The molecule has 2 aliphatic rings. The van der Waals surface area contributed by atoms with Crippen LogP contribution in [-0.4, -0.2) is 55.6 Å².